The van der Waals surface area contributed by atoms with Crippen molar-refractivity contribution in [2.75, 3.05) is 0 Å². The van der Waals surface area contributed by atoms with Gasteiger partial charge in [-0.05, 0) is 38.3 Å². The Balaban J connectivity index is 1.95. The van der Waals surface area contributed by atoms with E-state index in [9.17, 15) is 4.79 Å². The zero-order valence-electron chi connectivity index (χ0n) is 15.7. The van der Waals surface area contributed by atoms with Crippen molar-refractivity contribution in [2.24, 2.45) is 0 Å². The molecule has 1 unspecified atom stereocenters. The molecule has 3 nitrogen and oxygen atoms in total. The Morgan fingerprint density at radius 1 is 1.00 bits per heavy atom. The lowest BCUT2D eigenvalue weighted by atomic mass is 9.87. The fraction of sp³-hybridized carbons (Fsp3) is 0.208. The maximum Gasteiger partial charge on any atom is 0.338 e. The summed E-state index contributed by atoms with van der Waals surface area (Å²) < 4.78 is 12.1. The molecule has 3 aromatic rings. The molecule has 28 heavy (non-hydrogen) atoms. The number of para-hydroxylation sites is 1. The first-order valence-electron chi connectivity index (χ1n) is 9.35. The molecule has 0 saturated carbocycles. The van der Waals surface area contributed by atoms with Gasteiger partial charge in [-0.25, -0.2) is 4.79 Å². The van der Waals surface area contributed by atoms with E-state index in [1.807, 2.05) is 54.6 Å². The number of alkyl halides is 1. The van der Waals surface area contributed by atoms with E-state index in [1.54, 1.807) is 6.92 Å². The fourth-order valence-electron chi connectivity index (χ4n) is 3.60. The SMILES string of the molecule is C=C(C)C(=O)Oc1c2c(c(Oc3ccccc3)c3ccccc13)CCC(Cl)C2. The highest BCUT2D eigenvalue weighted by Gasteiger charge is 2.28. The van der Waals surface area contributed by atoms with Gasteiger partial charge < -0.3 is 9.47 Å². The van der Waals surface area contributed by atoms with Crippen LogP contribution >= 0.6 is 11.6 Å². The second-order valence-corrected chi connectivity index (χ2v) is 7.70. The van der Waals surface area contributed by atoms with Crippen molar-refractivity contribution in [1.82, 2.24) is 0 Å². The molecule has 1 atom stereocenters. The molecule has 0 spiro atoms. The molecule has 0 bridgehead atoms. The largest absolute Gasteiger partial charge is 0.456 e. The lowest BCUT2D eigenvalue weighted by Gasteiger charge is -2.27. The molecule has 0 radical (unpaired) electrons. The minimum atomic E-state index is -0.430. The maximum absolute atomic E-state index is 12.3. The van der Waals surface area contributed by atoms with Gasteiger partial charge in [0.15, 0.2) is 0 Å². The number of carbonyl (C=O) groups excluding carboxylic acids is 1. The molecule has 0 saturated heterocycles. The highest BCUT2D eigenvalue weighted by atomic mass is 35.5. The Bertz CT molecular complexity index is 1060. The number of halogens is 1. The predicted octanol–water partition coefficient (Wildman–Crippen LogP) is 6.21. The van der Waals surface area contributed by atoms with Gasteiger partial charge in [-0.15, -0.1) is 11.6 Å². The van der Waals surface area contributed by atoms with Gasteiger partial charge in [0.1, 0.15) is 17.2 Å². The van der Waals surface area contributed by atoms with Crippen molar-refractivity contribution in [1.29, 1.82) is 0 Å². The Hall–Kier alpha value is -2.78. The van der Waals surface area contributed by atoms with Crippen LogP contribution in [0.1, 0.15) is 24.5 Å². The lowest BCUT2D eigenvalue weighted by Crippen LogP contribution is -2.18. The minimum Gasteiger partial charge on any atom is -0.456 e. The van der Waals surface area contributed by atoms with Gasteiger partial charge in [-0.1, -0.05) is 49.0 Å². The van der Waals surface area contributed by atoms with Gasteiger partial charge in [0.2, 0.25) is 0 Å². The molecular formula is C24H21ClO3. The van der Waals surface area contributed by atoms with Crippen LogP contribution in [0.2, 0.25) is 0 Å². The summed E-state index contributed by atoms with van der Waals surface area (Å²) in [6.07, 6.45) is 2.26. The van der Waals surface area contributed by atoms with Crippen LogP contribution in [0.5, 0.6) is 17.2 Å². The summed E-state index contributed by atoms with van der Waals surface area (Å²) in [5.74, 6) is 1.73. The van der Waals surface area contributed by atoms with Crippen molar-refractivity contribution >= 4 is 28.3 Å². The van der Waals surface area contributed by atoms with E-state index < -0.39 is 5.97 Å². The summed E-state index contributed by atoms with van der Waals surface area (Å²) in [5.41, 5.74) is 2.37. The summed E-state index contributed by atoms with van der Waals surface area (Å²) in [4.78, 5) is 12.3. The van der Waals surface area contributed by atoms with Gasteiger partial charge >= 0.3 is 5.97 Å². The van der Waals surface area contributed by atoms with Crippen molar-refractivity contribution in [3.63, 3.8) is 0 Å². The van der Waals surface area contributed by atoms with Crippen LogP contribution in [-0.2, 0) is 17.6 Å². The van der Waals surface area contributed by atoms with Crippen LogP contribution in [-0.4, -0.2) is 11.3 Å². The number of carbonyl (C=O) groups is 1. The van der Waals surface area contributed by atoms with Crippen LogP contribution in [0.25, 0.3) is 10.8 Å². The van der Waals surface area contributed by atoms with E-state index in [-0.39, 0.29) is 5.38 Å². The first kappa shape index (κ1) is 18.6. The normalized spacial score (nSPS) is 15.7. The molecular weight excluding hydrogens is 372 g/mol. The van der Waals surface area contributed by atoms with Gasteiger partial charge in [0, 0.05) is 32.8 Å². The second-order valence-electron chi connectivity index (χ2n) is 7.09. The number of esters is 1. The zero-order chi connectivity index (χ0) is 19.7. The lowest BCUT2D eigenvalue weighted by molar-refractivity contribution is -0.130. The van der Waals surface area contributed by atoms with Crippen LogP contribution in [0, 0.1) is 0 Å². The fourth-order valence-corrected chi connectivity index (χ4v) is 3.87. The number of fused-ring (bicyclic) bond motifs is 2. The van der Waals surface area contributed by atoms with Crippen molar-refractivity contribution in [2.45, 2.75) is 31.6 Å². The van der Waals surface area contributed by atoms with Gasteiger partial charge in [0.05, 0.1) is 0 Å². The molecule has 3 aromatic carbocycles. The van der Waals surface area contributed by atoms with Crippen LogP contribution in [0.4, 0.5) is 0 Å². The van der Waals surface area contributed by atoms with Crippen LogP contribution in [0.15, 0.2) is 66.7 Å². The Labute approximate surface area is 169 Å². The minimum absolute atomic E-state index is 0.000479. The summed E-state index contributed by atoms with van der Waals surface area (Å²) in [7, 11) is 0. The van der Waals surface area contributed by atoms with E-state index in [2.05, 4.69) is 6.58 Å². The smallest absolute Gasteiger partial charge is 0.338 e. The molecule has 0 aliphatic heterocycles. The maximum atomic E-state index is 12.3. The number of benzene rings is 3. The summed E-state index contributed by atoms with van der Waals surface area (Å²) in [6.45, 7) is 5.35. The monoisotopic (exact) mass is 392 g/mol. The quantitative estimate of drug-likeness (QED) is 0.229. The number of hydrogen-bond donors (Lipinski definition) is 0. The van der Waals surface area contributed by atoms with Crippen LogP contribution < -0.4 is 9.47 Å². The number of hydrogen-bond acceptors (Lipinski definition) is 3. The van der Waals surface area contributed by atoms with E-state index in [4.69, 9.17) is 21.1 Å². The average molecular weight is 393 g/mol. The Kier molecular flexibility index (Phi) is 5.10. The third-order valence-electron chi connectivity index (χ3n) is 4.97. The third-order valence-corrected chi connectivity index (χ3v) is 5.34. The third kappa shape index (κ3) is 3.50. The molecule has 0 amide bonds. The molecule has 0 heterocycles. The van der Waals surface area contributed by atoms with E-state index in [0.717, 1.165) is 46.2 Å². The molecule has 0 fully saturated rings. The Morgan fingerprint density at radius 2 is 1.64 bits per heavy atom. The highest BCUT2D eigenvalue weighted by Crippen LogP contribution is 2.46. The molecule has 4 heteroatoms. The Morgan fingerprint density at radius 3 is 2.32 bits per heavy atom. The van der Waals surface area contributed by atoms with Gasteiger partial charge in [-0.2, -0.15) is 0 Å². The topological polar surface area (TPSA) is 35.5 Å². The molecule has 0 aromatic heterocycles. The van der Waals surface area contributed by atoms with Crippen molar-refractivity contribution in [3.05, 3.63) is 77.9 Å². The standard InChI is InChI=1S/C24H21ClO3/c1-15(2)24(26)28-23-19-11-7-6-10-18(19)22(27-17-8-4-3-5-9-17)20-13-12-16(25)14-21(20)23/h3-11,16H,1,12-14H2,2H3. The average Bonchev–Trinajstić information content (AvgIpc) is 2.71. The molecule has 1 aliphatic carbocycles. The number of rotatable bonds is 4. The first-order valence-corrected chi connectivity index (χ1v) is 9.79. The summed E-state index contributed by atoms with van der Waals surface area (Å²) in [6, 6.07) is 17.6. The second kappa shape index (κ2) is 7.69. The summed E-state index contributed by atoms with van der Waals surface area (Å²) >= 11 is 6.48. The first-order chi connectivity index (χ1) is 13.5. The van der Waals surface area contributed by atoms with Crippen LogP contribution in [0.3, 0.4) is 0 Å². The van der Waals surface area contributed by atoms with Crippen molar-refractivity contribution < 1.29 is 14.3 Å². The van der Waals surface area contributed by atoms with E-state index in [0.29, 0.717) is 17.7 Å². The molecule has 4 rings (SSSR count). The zero-order valence-corrected chi connectivity index (χ0v) is 16.5. The molecule has 142 valence electrons. The summed E-state index contributed by atoms with van der Waals surface area (Å²) in [5, 5.41) is 1.76. The van der Waals surface area contributed by atoms with Gasteiger partial charge in [0.25, 0.3) is 0 Å². The highest BCUT2D eigenvalue weighted by molar-refractivity contribution is 6.21. The predicted molar refractivity (Wildman–Crippen MR) is 113 cm³/mol. The van der Waals surface area contributed by atoms with E-state index in [1.165, 1.54) is 0 Å². The number of ether oxygens (including phenoxy) is 2. The molecule has 0 N–H and O–H groups in total. The van der Waals surface area contributed by atoms with Crippen molar-refractivity contribution in [3.8, 4) is 17.2 Å². The van der Waals surface area contributed by atoms with E-state index >= 15 is 0 Å². The van der Waals surface area contributed by atoms with Gasteiger partial charge in [-0.3, -0.25) is 0 Å². The molecule has 1 aliphatic rings.